The van der Waals surface area contributed by atoms with Crippen LogP contribution in [0.5, 0.6) is 0 Å². The molecule has 1 aromatic carbocycles. The Morgan fingerprint density at radius 1 is 1.29 bits per heavy atom. The summed E-state index contributed by atoms with van der Waals surface area (Å²) in [5.74, 6) is -1.79. The normalized spacial score (nSPS) is 10.2. The zero-order chi connectivity index (χ0) is 12.4. The van der Waals surface area contributed by atoms with Gasteiger partial charge in [-0.25, -0.2) is 9.18 Å². The Bertz CT molecular complexity index is 589. The molecule has 2 aromatic rings. The van der Waals surface area contributed by atoms with Crippen LogP contribution in [0.25, 0.3) is 10.4 Å². The lowest BCUT2D eigenvalue weighted by atomic mass is 10.1. The van der Waals surface area contributed by atoms with E-state index < -0.39 is 11.8 Å². The van der Waals surface area contributed by atoms with Crippen molar-refractivity contribution in [3.63, 3.8) is 0 Å². The fourth-order valence-corrected chi connectivity index (χ4v) is 2.24. The second kappa shape index (κ2) is 4.47. The van der Waals surface area contributed by atoms with Gasteiger partial charge in [0, 0.05) is 4.88 Å². The van der Waals surface area contributed by atoms with Crippen LogP contribution in [0.4, 0.5) is 4.39 Å². The third-order valence-corrected chi connectivity index (χ3v) is 3.23. The molecule has 0 saturated carbocycles. The molecule has 3 nitrogen and oxygen atoms in total. The van der Waals surface area contributed by atoms with E-state index in [0.29, 0.717) is 21.6 Å². The number of carboxylic acids is 1. The number of benzene rings is 1. The van der Waals surface area contributed by atoms with Gasteiger partial charge in [-0.2, -0.15) is 0 Å². The topological polar surface area (TPSA) is 54.4 Å². The molecule has 0 atom stereocenters. The molecule has 1 aromatic heterocycles. The van der Waals surface area contributed by atoms with Crippen molar-refractivity contribution in [1.82, 2.24) is 0 Å². The Balaban J connectivity index is 2.51. The molecule has 2 rings (SSSR count). The lowest BCUT2D eigenvalue weighted by Crippen LogP contribution is -1.97. The fraction of sp³-hybridized carbons (Fsp3) is 0. The molecule has 1 heterocycles. The Morgan fingerprint density at radius 3 is 2.65 bits per heavy atom. The third kappa shape index (κ3) is 2.39. The summed E-state index contributed by atoms with van der Waals surface area (Å²) in [4.78, 5) is 22.5. The van der Waals surface area contributed by atoms with Gasteiger partial charge >= 0.3 is 5.97 Å². The highest BCUT2D eigenvalue weighted by Crippen LogP contribution is 2.28. The van der Waals surface area contributed by atoms with Crippen LogP contribution in [0, 0.1) is 5.82 Å². The molecule has 0 spiro atoms. The Labute approximate surface area is 100 Å². The molecule has 0 aliphatic carbocycles. The maximum Gasteiger partial charge on any atom is 0.335 e. The second-order valence-corrected chi connectivity index (χ2v) is 4.47. The Hall–Kier alpha value is -2.01. The van der Waals surface area contributed by atoms with E-state index in [2.05, 4.69) is 0 Å². The molecule has 0 unspecified atom stereocenters. The summed E-state index contributed by atoms with van der Waals surface area (Å²) >= 11 is 1.19. The van der Waals surface area contributed by atoms with Crippen molar-refractivity contribution in [3.05, 3.63) is 46.6 Å². The van der Waals surface area contributed by atoms with Crippen LogP contribution in [-0.4, -0.2) is 17.4 Å². The number of thiophene rings is 1. The van der Waals surface area contributed by atoms with E-state index >= 15 is 0 Å². The molecular formula is C12H7FO3S. The van der Waals surface area contributed by atoms with E-state index in [1.807, 2.05) is 0 Å². The minimum absolute atomic E-state index is 0.110. The maximum atomic E-state index is 13.2. The first-order valence-electron chi connectivity index (χ1n) is 4.69. The lowest BCUT2D eigenvalue weighted by molar-refractivity contribution is 0.0696. The first-order valence-corrected chi connectivity index (χ1v) is 5.51. The number of hydrogen-bond acceptors (Lipinski definition) is 3. The summed E-state index contributed by atoms with van der Waals surface area (Å²) in [6, 6.07) is 6.85. The monoisotopic (exact) mass is 250 g/mol. The largest absolute Gasteiger partial charge is 0.478 e. The van der Waals surface area contributed by atoms with Gasteiger partial charge in [-0.15, -0.1) is 11.3 Å². The zero-order valence-corrected chi connectivity index (χ0v) is 9.33. The first kappa shape index (κ1) is 11.5. The number of halogens is 1. The van der Waals surface area contributed by atoms with Crippen LogP contribution in [-0.2, 0) is 0 Å². The maximum absolute atomic E-state index is 13.2. The number of aldehydes is 1. The molecule has 0 fully saturated rings. The van der Waals surface area contributed by atoms with Gasteiger partial charge in [-0.1, -0.05) is 0 Å². The zero-order valence-electron chi connectivity index (χ0n) is 8.51. The van der Waals surface area contributed by atoms with E-state index in [1.54, 1.807) is 12.1 Å². The van der Waals surface area contributed by atoms with Gasteiger partial charge in [0.1, 0.15) is 5.82 Å². The Morgan fingerprint density at radius 2 is 2.06 bits per heavy atom. The van der Waals surface area contributed by atoms with Crippen molar-refractivity contribution in [2.75, 3.05) is 0 Å². The quantitative estimate of drug-likeness (QED) is 0.852. The molecule has 5 heteroatoms. The molecule has 1 N–H and O–H groups in total. The van der Waals surface area contributed by atoms with Gasteiger partial charge in [-0.05, 0) is 35.9 Å². The highest BCUT2D eigenvalue weighted by Gasteiger charge is 2.09. The molecule has 0 aliphatic rings. The van der Waals surface area contributed by atoms with Gasteiger partial charge in [0.15, 0.2) is 6.29 Å². The number of rotatable bonds is 3. The van der Waals surface area contributed by atoms with Crippen molar-refractivity contribution >= 4 is 23.6 Å². The lowest BCUT2D eigenvalue weighted by Gasteiger charge is -2.00. The SMILES string of the molecule is O=Cc1ccc(-c2cc(F)cc(C(=O)O)c2)s1. The molecule has 0 amide bonds. The van der Waals surface area contributed by atoms with E-state index in [4.69, 9.17) is 5.11 Å². The van der Waals surface area contributed by atoms with Crippen LogP contribution in [0.1, 0.15) is 20.0 Å². The molecule has 0 radical (unpaired) electrons. The summed E-state index contributed by atoms with van der Waals surface area (Å²) in [7, 11) is 0. The van der Waals surface area contributed by atoms with Crippen LogP contribution < -0.4 is 0 Å². The highest BCUT2D eigenvalue weighted by molar-refractivity contribution is 7.17. The van der Waals surface area contributed by atoms with Crippen LogP contribution in [0.15, 0.2) is 30.3 Å². The van der Waals surface area contributed by atoms with Crippen molar-refractivity contribution in [2.45, 2.75) is 0 Å². The van der Waals surface area contributed by atoms with Gasteiger partial charge in [-0.3, -0.25) is 4.79 Å². The minimum Gasteiger partial charge on any atom is -0.478 e. The Kier molecular flexibility index (Phi) is 3.01. The van der Waals surface area contributed by atoms with Crippen molar-refractivity contribution in [3.8, 4) is 10.4 Å². The summed E-state index contributed by atoms with van der Waals surface area (Å²) < 4.78 is 13.2. The van der Waals surface area contributed by atoms with Crippen LogP contribution >= 0.6 is 11.3 Å². The molecule has 0 saturated heterocycles. The number of aromatic carboxylic acids is 1. The van der Waals surface area contributed by atoms with Crippen molar-refractivity contribution < 1.29 is 19.1 Å². The minimum atomic E-state index is -1.18. The molecule has 0 aliphatic heterocycles. The van der Waals surface area contributed by atoms with Gasteiger partial charge in [0.2, 0.25) is 0 Å². The molecule has 86 valence electrons. The number of carbonyl (C=O) groups is 2. The van der Waals surface area contributed by atoms with Crippen LogP contribution in [0.2, 0.25) is 0 Å². The van der Waals surface area contributed by atoms with E-state index in [-0.39, 0.29) is 5.56 Å². The van der Waals surface area contributed by atoms with Gasteiger partial charge in [0.25, 0.3) is 0 Å². The fourth-order valence-electron chi connectivity index (χ4n) is 1.43. The van der Waals surface area contributed by atoms with Gasteiger partial charge < -0.3 is 5.11 Å². The van der Waals surface area contributed by atoms with Crippen LogP contribution in [0.3, 0.4) is 0 Å². The molecule has 17 heavy (non-hydrogen) atoms. The average molecular weight is 250 g/mol. The highest BCUT2D eigenvalue weighted by atomic mass is 32.1. The standard InChI is InChI=1S/C12H7FO3S/c13-9-4-7(3-8(5-9)12(15)16)11-2-1-10(6-14)17-11/h1-6H,(H,15,16). The van der Waals surface area contributed by atoms with Crippen molar-refractivity contribution in [2.24, 2.45) is 0 Å². The van der Waals surface area contributed by atoms with Gasteiger partial charge in [0.05, 0.1) is 10.4 Å². The number of carboxylic acid groups (broad SMARTS) is 1. The predicted molar refractivity (Wildman–Crippen MR) is 62.1 cm³/mol. The summed E-state index contributed by atoms with van der Waals surface area (Å²) in [5.41, 5.74) is 0.349. The summed E-state index contributed by atoms with van der Waals surface area (Å²) in [6.45, 7) is 0. The number of carbonyl (C=O) groups excluding carboxylic acids is 1. The third-order valence-electron chi connectivity index (χ3n) is 2.17. The smallest absolute Gasteiger partial charge is 0.335 e. The summed E-state index contributed by atoms with van der Waals surface area (Å²) in [5, 5.41) is 8.81. The van der Waals surface area contributed by atoms with E-state index in [0.717, 1.165) is 6.07 Å². The van der Waals surface area contributed by atoms with E-state index in [1.165, 1.54) is 23.5 Å². The molecule has 0 bridgehead atoms. The first-order chi connectivity index (χ1) is 8.10. The summed E-state index contributed by atoms with van der Waals surface area (Å²) in [6.07, 6.45) is 0.700. The predicted octanol–water partition coefficient (Wildman–Crippen LogP) is 3.06. The molecular weight excluding hydrogens is 243 g/mol. The van der Waals surface area contributed by atoms with E-state index in [9.17, 15) is 14.0 Å². The number of hydrogen-bond donors (Lipinski definition) is 1. The van der Waals surface area contributed by atoms with Crippen molar-refractivity contribution in [1.29, 1.82) is 0 Å². The average Bonchev–Trinajstić information content (AvgIpc) is 2.76. The second-order valence-electron chi connectivity index (χ2n) is 3.35.